The number of carbonyl (C=O) groups is 4. The van der Waals surface area contributed by atoms with Gasteiger partial charge >= 0.3 is 11.9 Å². The van der Waals surface area contributed by atoms with Crippen molar-refractivity contribution in [3.63, 3.8) is 0 Å². The van der Waals surface area contributed by atoms with E-state index in [1.165, 1.54) is 6.92 Å². The highest BCUT2D eigenvalue weighted by molar-refractivity contribution is 6.07. The molecule has 1 heterocycles. The van der Waals surface area contributed by atoms with Crippen LogP contribution in [0.15, 0.2) is 12.2 Å². The molecule has 2 bridgehead atoms. The zero-order chi connectivity index (χ0) is 18.0. The first-order valence-electron chi connectivity index (χ1n) is 8.92. The molecule has 0 radical (unpaired) electrons. The predicted molar refractivity (Wildman–Crippen MR) is 85.2 cm³/mol. The summed E-state index contributed by atoms with van der Waals surface area (Å²) in [5.74, 6) is -2.33. The molecular weight excluding hydrogens is 324 g/mol. The fraction of sp³-hybridized carbons (Fsp3) is 0.684. The standard InChI is InChI=1S/C19H22O6/c1-11(20)25-17(2)12-6-8-19(16(17)23)13(9-12)15(22)24-10-18(19)7-4-3-5-14(18)21/h6,8,12-13H,3-5,7,9-10H2,1-2H3/t12-,13-,17+,18+,19-/m1/s1. The average Bonchev–Trinajstić information content (AvgIpc) is 2.57. The molecule has 0 aromatic heterocycles. The van der Waals surface area contributed by atoms with Gasteiger partial charge in [-0.2, -0.15) is 0 Å². The molecule has 5 rings (SSSR count). The molecule has 25 heavy (non-hydrogen) atoms. The molecular formula is C19H22O6. The lowest BCUT2D eigenvalue weighted by atomic mass is 9.41. The maximum absolute atomic E-state index is 13.7. The van der Waals surface area contributed by atoms with Gasteiger partial charge in [-0.05, 0) is 26.2 Å². The second kappa shape index (κ2) is 5.02. The smallest absolute Gasteiger partial charge is 0.310 e. The number of fused-ring (bicyclic) bond motifs is 1. The summed E-state index contributed by atoms with van der Waals surface area (Å²) < 4.78 is 10.9. The van der Waals surface area contributed by atoms with Crippen molar-refractivity contribution in [2.45, 2.75) is 51.6 Å². The zero-order valence-corrected chi connectivity index (χ0v) is 14.5. The molecule has 2 spiro atoms. The van der Waals surface area contributed by atoms with Crippen molar-refractivity contribution in [3.8, 4) is 0 Å². The van der Waals surface area contributed by atoms with Gasteiger partial charge in [0.15, 0.2) is 11.4 Å². The van der Waals surface area contributed by atoms with Crippen molar-refractivity contribution in [1.82, 2.24) is 0 Å². The van der Waals surface area contributed by atoms with Gasteiger partial charge in [0, 0.05) is 19.3 Å². The van der Waals surface area contributed by atoms with E-state index in [1.807, 2.05) is 6.08 Å². The SMILES string of the molecule is CC(=O)O[C@]1(C)C(=O)[C@@]23C=C[C@@H]1C[C@@H]2C(=O)OC[C@]31CCCCC1=O. The van der Waals surface area contributed by atoms with Crippen LogP contribution in [0.3, 0.4) is 0 Å². The zero-order valence-electron chi connectivity index (χ0n) is 14.5. The van der Waals surface area contributed by atoms with E-state index in [4.69, 9.17) is 9.47 Å². The highest BCUT2D eigenvalue weighted by Crippen LogP contribution is 2.65. The van der Waals surface area contributed by atoms with Crippen LogP contribution in [0.2, 0.25) is 0 Å². The van der Waals surface area contributed by atoms with Crippen LogP contribution in [-0.4, -0.2) is 35.7 Å². The molecule has 6 heteroatoms. The first-order valence-corrected chi connectivity index (χ1v) is 8.92. The van der Waals surface area contributed by atoms with E-state index >= 15 is 0 Å². The summed E-state index contributed by atoms with van der Waals surface area (Å²) in [6, 6.07) is 0. The fourth-order valence-corrected chi connectivity index (χ4v) is 5.63. The minimum Gasteiger partial charge on any atom is -0.464 e. The Labute approximate surface area is 145 Å². The Bertz CT molecular complexity index is 723. The normalized spacial score (nSPS) is 45.3. The van der Waals surface area contributed by atoms with Crippen molar-refractivity contribution in [1.29, 1.82) is 0 Å². The maximum atomic E-state index is 13.7. The van der Waals surface area contributed by atoms with E-state index in [2.05, 4.69) is 0 Å². The van der Waals surface area contributed by atoms with Crippen molar-refractivity contribution in [2.75, 3.05) is 6.61 Å². The lowest BCUT2D eigenvalue weighted by Gasteiger charge is -2.62. The third-order valence-corrected chi connectivity index (χ3v) is 6.85. The summed E-state index contributed by atoms with van der Waals surface area (Å²) in [6.07, 6.45) is 6.50. The maximum Gasteiger partial charge on any atom is 0.310 e. The summed E-state index contributed by atoms with van der Waals surface area (Å²) in [5, 5.41) is 0. The number of allylic oxidation sites excluding steroid dienone is 1. The van der Waals surface area contributed by atoms with Crippen LogP contribution in [0, 0.1) is 22.7 Å². The molecule has 5 aliphatic rings. The highest BCUT2D eigenvalue weighted by atomic mass is 16.6. The van der Waals surface area contributed by atoms with E-state index in [1.54, 1.807) is 13.0 Å². The van der Waals surface area contributed by atoms with Crippen LogP contribution >= 0.6 is 0 Å². The monoisotopic (exact) mass is 346 g/mol. The molecule has 4 aliphatic carbocycles. The summed E-state index contributed by atoms with van der Waals surface area (Å²) in [4.78, 5) is 50.8. The number of rotatable bonds is 1. The number of ketones is 2. The summed E-state index contributed by atoms with van der Waals surface area (Å²) in [6.45, 7) is 2.83. The summed E-state index contributed by atoms with van der Waals surface area (Å²) in [5.41, 5.74) is -3.61. The number of Topliss-reactive ketones (excluding diaryl/α,β-unsaturated/α-hetero) is 2. The molecule has 0 N–H and O–H groups in total. The molecule has 1 aliphatic heterocycles. The summed E-state index contributed by atoms with van der Waals surface area (Å²) in [7, 11) is 0. The first kappa shape index (κ1) is 16.5. The van der Waals surface area contributed by atoms with Crippen LogP contribution in [-0.2, 0) is 28.7 Å². The van der Waals surface area contributed by atoms with Crippen LogP contribution < -0.4 is 0 Å². The summed E-state index contributed by atoms with van der Waals surface area (Å²) >= 11 is 0. The van der Waals surface area contributed by atoms with E-state index in [0.717, 1.165) is 12.8 Å². The van der Waals surface area contributed by atoms with Crippen molar-refractivity contribution >= 4 is 23.5 Å². The van der Waals surface area contributed by atoms with Gasteiger partial charge in [0.25, 0.3) is 0 Å². The highest BCUT2D eigenvalue weighted by Gasteiger charge is 2.75. The Hall–Kier alpha value is -1.98. The van der Waals surface area contributed by atoms with Crippen molar-refractivity contribution in [2.24, 2.45) is 22.7 Å². The van der Waals surface area contributed by atoms with Gasteiger partial charge < -0.3 is 9.47 Å². The van der Waals surface area contributed by atoms with Crippen LogP contribution in [0.4, 0.5) is 0 Å². The van der Waals surface area contributed by atoms with Crippen molar-refractivity contribution in [3.05, 3.63) is 12.2 Å². The van der Waals surface area contributed by atoms with Gasteiger partial charge in [0.05, 0.1) is 16.7 Å². The number of cyclic esters (lactones) is 1. The van der Waals surface area contributed by atoms with Gasteiger partial charge in [-0.25, -0.2) is 0 Å². The third-order valence-electron chi connectivity index (χ3n) is 6.85. The van der Waals surface area contributed by atoms with Crippen molar-refractivity contribution < 1.29 is 28.7 Å². The molecule has 2 saturated carbocycles. The largest absolute Gasteiger partial charge is 0.464 e. The number of ether oxygens (including phenoxy) is 2. The third kappa shape index (κ3) is 1.80. The van der Waals surface area contributed by atoms with E-state index < -0.39 is 34.3 Å². The van der Waals surface area contributed by atoms with E-state index in [9.17, 15) is 19.2 Å². The van der Waals surface area contributed by atoms with Crippen LogP contribution in [0.1, 0.15) is 46.0 Å². The lowest BCUT2D eigenvalue weighted by Crippen LogP contribution is -2.73. The van der Waals surface area contributed by atoms with Gasteiger partial charge in [0.2, 0.25) is 0 Å². The van der Waals surface area contributed by atoms with Crippen LogP contribution in [0.25, 0.3) is 0 Å². The second-order valence-corrected chi connectivity index (χ2v) is 7.97. The number of hydrogen-bond donors (Lipinski definition) is 0. The predicted octanol–water partition coefficient (Wildman–Crippen LogP) is 1.76. The van der Waals surface area contributed by atoms with Gasteiger partial charge in [-0.3, -0.25) is 19.2 Å². The number of carbonyl (C=O) groups excluding carboxylic acids is 4. The quantitative estimate of drug-likeness (QED) is 0.531. The van der Waals surface area contributed by atoms with E-state index in [0.29, 0.717) is 19.3 Å². The molecule has 3 fully saturated rings. The fourth-order valence-electron chi connectivity index (χ4n) is 5.63. The number of esters is 2. The Balaban J connectivity index is 1.92. The molecule has 0 unspecified atom stereocenters. The molecule has 5 atom stereocenters. The lowest BCUT2D eigenvalue weighted by molar-refractivity contribution is -0.214. The minimum absolute atomic E-state index is 0.0141. The molecule has 0 aromatic carbocycles. The topological polar surface area (TPSA) is 86.7 Å². The Morgan fingerprint density at radius 3 is 2.72 bits per heavy atom. The van der Waals surface area contributed by atoms with Gasteiger partial charge in [0.1, 0.15) is 12.4 Å². The number of hydrogen-bond acceptors (Lipinski definition) is 6. The Kier molecular flexibility index (Phi) is 3.31. The van der Waals surface area contributed by atoms with Crippen LogP contribution in [0.5, 0.6) is 0 Å². The Morgan fingerprint density at radius 2 is 2.04 bits per heavy atom. The van der Waals surface area contributed by atoms with E-state index in [-0.39, 0.29) is 24.1 Å². The molecule has 6 nitrogen and oxygen atoms in total. The molecule has 1 saturated heterocycles. The average molecular weight is 346 g/mol. The van der Waals surface area contributed by atoms with Gasteiger partial charge in [-0.1, -0.05) is 18.6 Å². The first-order chi connectivity index (χ1) is 11.8. The molecule has 134 valence electrons. The molecule has 0 amide bonds. The second-order valence-electron chi connectivity index (χ2n) is 7.97. The minimum atomic E-state index is -1.33. The van der Waals surface area contributed by atoms with Gasteiger partial charge in [-0.15, -0.1) is 0 Å². The molecule has 0 aromatic rings. The Morgan fingerprint density at radius 1 is 1.28 bits per heavy atom.